The summed E-state index contributed by atoms with van der Waals surface area (Å²) in [6.45, 7) is 7.06. The molecule has 2 aliphatic carbocycles. The van der Waals surface area contributed by atoms with E-state index in [0.29, 0.717) is 72.5 Å². The van der Waals surface area contributed by atoms with Gasteiger partial charge in [-0.25, -0.2) is 4.79 Å². The first-order chi connectivity index (χ1) is 28.7. The van der Waals surface area contributed by atoms with Gasteiger partial charge in [0, 0.05) is 50.2 Å². The topological polar surface area (TPSA) is 153 Å². The van der Waals surface area contributed by atoms with Gasteiger partial charge in [0.2, 0.25) is 5.76 Å². The zero-order valence-corrected chi connectivity index (χ0v) is 34.7. The van der Waals surface area contributed by atoms with E-state index in [9.17, 15) is 24.6 Å². The van der Waals surface area contributed by atoms with E-state index in [1.54, 1.807) is 14.0 Å². The van der Waals surface area contributed by atoms with E-state index in [0.717, 1.165) is 92.7 Å². The molecule has 6 aliphatic rings. The number of Topliss-reactive ketones (excluding diaryl/α,β-unsaturated/α-hetero) is 1. The highest BCUT2D eigenvalue weighted by molar-refractivity contribution is 6.11. The summed E-state index contributed by atoms with van der Waals surface area (Å²) in [6, 6.07) is 5.94. The lowest BCUT2D eigenvalue weighted by molar-refractivity contribution is -0.141. The maximum absolute atomic E-state index is 13.8. The van der Waals surface area contributed by atoms with Crippen molar-refractivity contribution in [2.75, 3.05) is 46.5 Å². The Morgan fingerprint density at radius 3 is 2.61 bits per heavy atom. The summed E-state index contributed by atoms with van der Waals surface area (Å²) in [5.41, 5.74) is 2.45. The number of fused-ring (bicyclic) bond motifs is 3. The molecule has 59 heavy (non-hydrogen) atoms. The summed E-state index contributed by atoms with van der Waals surface area (Å²) in [5, 5.41) is 25.5. The zero-order chi connectivity index (χ0) is 41.3. The minimum atomic E-state index is -1.23. The lowest BCUT2D eigenvalue weighted by atomic mass is 9.75. The summed E-state index contributed by atoms with van der Waals surface area (Å²) in [5.74, 6) is -0.493. The predicted octanol–water partition coefficient (Wildman–Crippen LogP) is 4.81. The summed E-state index contributed by atoms with van der Waals surface area (Å²) in [4.78, 5) is 47.8. The molecule has 0 amide bonds. The van der Waals surface area contributed by atoms with E-state index in [1.165, 1.54) is 0 Å². The molecule has 2 aromatic rings. The Morgan fingerprint density at radius 1 is 1.08 bits per heavy atom. The monoisotopic (exact) mass is 810 g/mol. The molecule has 2 saturated carbocycles. The number of hydrogen-bond donors (Lipinski definition) is 2. The highest BCUT2D eigenvalue weighted by atomic mass is 16.6. The van der Waals surface area contributed by atoms with E-state index < -0.39 is 30.2 Å². The summed E-state index contributed by atoms with van der Waals surface area (Å²) >= 11 is 0. The van der Waals surface area contributed by atoms with Crippen LogP contribution in [0.15, 0.2) is 40.1 Å². The molecular weight excluding hydrogens is 753 g/mol. The van der Waals surface area contributed by atoms with Crippen molar-refractivity contribution in [2.24, 2.45) is 10.9 Å². The van der Waals surface area contributed by atoms with Crippen molar-refractivity contribution in [1.29, 1.82) is 0 Å². The third-order valence-electron chi connectivity index (χ3n) is 13.5. The van der Waals surface area contributed by atoms with E-state index in [-0.39, 0.29) is 47.9 Å². The van der Waals surface area contributed by atoms with Crippen LogP contribution in [0.3, 0.4) is 0 Å². The molecule has 3 fully saturated rings. The van der Waals surface area contributed by atoms with Crippen LogP contribution in [0.1, 0.15) is 113 Å². The number of aldehydes is 1. The maximum atomic E-state index is 13.8. The SMILES string of the molecule is CCOC(=O)C1=C(C=O)C(=C2CCC(=O)C(c3ccc4c(c3)=CCN=4)C2)c2c(c(CO)c3c(c2OC2CCCCC2)CC(C(C)(O)C2CCN(CCCOC)CC2)O3)O1. The molecule has 8 rings (SSSR count). The van der Waals surface area contributed by atoms with Gasteiger partial charge < -0.3 is 38.8 Å². The van der Waals surface area contributed by atoms with Gasteiger partial charge in [0.15, 0.2) is 6.29 Å². The Balaban J connectivity index is 1.25. The first kappa shape index (κ1) is 41.4. The van der Waals surface area contributed by atoms with Crippen LogP contribution in [0.2, 0.25) is 0 Å². The molecule has 0 bridgehead atoms. The molecule has 12 nitrogen and oxygen atoms in total. The average molecular weight is 811 g/mol. The largest absolute Gasteiger partial charge is 0.489 e. The summed E-state index contributed by atoms with van der Waals surface area (Å²) in [7, 11) is 1.72. The van der Waals surface area contributed by atoms with Crippen LogP contribution >= 0.6 is 0 Å². The first-order valence-electron chi connectivity index (χ1n) is 21.7. The standard InChI is InChI=1S/C47H58N2O10/c1-4-56-46(53)45-35(26-50)40(30-12-14-38(52)33(24-30)28-11-13-37-29(23-28)15-18-48-37)41-43(57-32-9-6-5-7-10-32)34-25-39(58-42(34)36(27-51)44(41)59-45)47(2,54)31-16-20-49(21-17-31)19-8-22-55-3/h11,13,15,23,26,31-33,39,51,54H,4-10,12,14,16-22,24-25,27H2,1-3H3. The smallest absolute Gasteiger partial charge is 0.375 e. The molecule has 1 saturated heterocycles. The van der Waals surface area contributed by atoms with Crippen molar-refractivity contribution in [3.63, 3.8) is 0 Å². The fraction of sp³-hybridized carbons (Fsp3) is 0.574. The Labute approximate surface area is 345 Å². The fourth-order valence-electron chi connectivity index (χ4n) is 10.2. The van der Waals surface area contributed by atoms with Crippen LogP contribution in [0, 0.1) is 5.92 Å². The van der Waals surface area contributed by atoms with E-state index in [1.807, 2.05) is 31.2 Å². The van der Waals surface area contributed by atoms with Crippen molar-refractivity contribution in [2.45, 2.75) is 121 Å². The number of aliphatic hydroxyl groups is 2. The molecule has 2 aromatic carbocycles. The highest BCUT2D eigenvalue weighted by Gasteiger charge is 2.49. The molecule has 3 atom stereocenters. The van der Waals surface area contributed by atoms with Crippen molar-refractivity contribution in [1.82, 2.24) is 4.90 Å². The van der Waals surface area contributed by atoms with Crippen LogP contribution in [0.4, 0.5) is 0 Å². The van der Waals surface area contributed by atoms with Crippen LogP contribution in [-0.4, -0.2) is 97.5 Å². The highest BCUT2D eigenvalue weighted by Crippen LogP contribution is 2.57. The molecule has 4 aliphatic heterocycles. The second kappa shape index (κ2) is 17.7. The Morgan fingerprint density at radius 2 is 1.88 bits per heavy atom. The first-order valence-corrected chi connectivity index (χ1v) is 21.7. The molecular formula is C47H58N2O10. The fourth-order valence-corrected chi connectivity index (χ4v) is 10.2. The van der Waals surface area contributed by atoms with E-state index in [4.69, 9.17) is 23.7 Å². The van der Waals surface area contributed by atoms with Gasteiger partial charge in [-0.2, -0.15) is 0 Å². The number of ketones is 1. The molecule has 0 radical (unpaired) electrons. The molecule has 2 N–H and O–H groups in total. The number of carbonyl (C=O) groups excluding carboxylic acids is 3. The van der Waals surface area contributed by atoms with Crippen LogP contribution in [0.5, 0.6) is 17.2 Å². The number of allylic oxidation sites excluding steroid dienone is 3. The number of rotatable bonds is 13. The number of ether oxygens (including phenoxy) is 5. The van der Waals surface area contributed by atoms with Gasteiger partial charge in [0.05, 0.1) is 47.9 Å². The van der Waals surface area contributed by atoms with Gasteiger partial charge in [-0.15, -0.1) is 0 Å². The third kappa shape index (κ3) is 8.01. The molecule has 0 spiro atoms. The second-order valence-electron chi connectivity index (χ2n) is 17.1. The minimum absolute atomic E-state index is 0.0252. The van der Waals surface area contributed by atoms with Crippen LogP contribution < -0.4 is 24.8 Å². The number of aliphatic hydroxyl groups excluding tert-OH is 1. The van der Waals surface area contributed by atoms with E-state index >= 15 is 0 Å². The quantitative estimate of drug-likeness (QED) is 0.163. The number of benzene rings is 2. The number of nitrogens with zero attached hydrogens (tertiary/aromatic N) is 2. The van der Waals surface area contributed by atoms with Gasteiger partial charge in [-0.3, -0.25) is 14.6 Å². The van der Waals surface area contributed by atoms with Crippen LogP contribution in [-0.2, 0) is 36.9 Å². The van der Waals surface area contributed by atoms with Crippen molar-refractivity contribution in [3.05, 3.63) is 67.9 Å². The Kier molecular flexibility index (Phi) is 12.4. The third-order valence-corrected chi connectivity index (χ3v) is 13.5. The van der Waals surface area contributed by atoms with Gasteiger partial charge in [0.25, 0.3) is 0 Å². The molecule has 4 heterocycles. The molecule has 316 valence electrons. The minimum Gasteiger partial charge on any atom is -0.489 e. The number of piperidine rings is 1. The van der Waals surface area contributed by atoms with Crippen molar-refractivity contribution >= 4 is 29.7 Å². The number of carbonyl (C=O) groups is 3. The lowest BCUT2D eigenvalue weighted by Crippen LogP contribution is -2.52. The van der Waals surface area contributed by atoms with Crippen LogP contribution in [0.25, 0.3) is 11.6 Å². The Bertz CT molecular complexity index is 2160. The number of esters is 1. The van der Waals surface area contributed by atoms with Gasteiger partial charge in [0.1, 0.15) is 34.7 Å². The maximum Gasteiger partial charge on any atom is 0.375 e. The van der Waals surface area contributed by atoms with Crippen molar-refractivity contribution in [3.8, 4) is 17.2 Å². The van der Waals surface area contributed by atoms with Gasteiger partial charge in [-0.05, 0) is 114 Å². The Hall–Kier alpha value is -4.36. The van der Waals surface area contributed by atoms with Gasteiger partial charge >= 0.3 is 5.97 Å². The zero-order valence-electron chi connectivity index (χ0n) is 34.7. The van der Waals surface area contributed by atoms with Crippen molar-refractivity contribution < 1.29 is 48.3 Å². The number of methoxy groups -OCH3 is 1. The van der Waals surface area contributed by atoms with E-state index in [2.05, 4.69) is 9.89 Å². The normalized spacial score (nSPS) is 24.5. The molecule has 12 heteroatoms. The number of hydrogen-bond acceptors (Lipinski definition) is 12. The summed E-state index contributed by atoms with van der Waals surface area (Å²) < 4.78 is 31.1. The molecule has 3 unspecified atom stereocenters. The van der Waals surface area contributed by atoms with Gasteiger partial charge in [-0.1, -0.05) is 24.1 Å². The number of likely N-dealkylation sites (tertiary alicyclic amines) is 1. The average Bonchev–Trinajstić information content (AvgIpc) is 3.92. The second-order valence-corrected chi connectivity index (χ2v) is 17.1. The molecule has 0 aromatic heterocycles. The predicted molar refractivity (Wildman–Crippen MR) is 220 cm³/mol. The lowest BCUT2D eigenvalue weighted by Gasteiger charge is -2.42. The summed E-state index contributed by atoms with van der Waals surface area (Å²) in [6.07, 6.45) is 10.5.